The number of nitrogens with one attached hydrogen (secondary N) is 1. The number of aromatic amines is 1. The number of benzene rings is 1. The van der Waals surface area contributed by atoms with Crippen LogP contribution in [0.1, 0.15) is 24.2 Å². The Labute approximate surface area is 104 Å². The number of aromatic nitrogens is 1. The van der Waals surface area contributed by atoms with E-state index >= 15 is 0 Å². The van der Waals surface area contributed by atoms with Gasteiger partial charge in [0.25, 0.3) is 0 Å². The highest BCUT2D eigenvalue weighted by atomic mass is 16.5. The van der Waals surface area contributed by atoms with Crippen molar-refractivity contribution in [3.05, 3.63) is 30.0 Å². The molecule has 2 rings (SSSR count). The minimum atomic E-state index is -0.442. The van der Waals surface area contributed by atoms with Gasteiger partial charge >= 0.3 is 11.9 Å². The minimum absolute atomic E-state index is 0.296. The first-order valence-corrected chi connectivity index (χ1v) is 5.58. The summed E-state index contributed by atoms with van der Waals surface area (Å²) < 4.78 is 10.0. The summed E-state index contributed by atoms with van der Waals surface area (Å²) in [4.78, 5) is 25.7. The van der Waals surface area contributed by atoms with Gasteiger partial charge in [-0.05, 0) is 25.1 Å². The van der Waals surface area contributed by atoms with E-state index in [1.165, 1.54) is 13.0 Å². The Kier molecular flexibility index (Phi) is 3.32. The largest absolute Gasteiger partial charge is 0.462 e. The van der Waals surface area contributed by atoms with Crippen LogP contribution in [-0.4, -0.2) is 23.5 Å². The molecule has 2 aromatic rings. The van der Waals surface area contributed by atoms with Crippen LogP contribution in [-0.2, 0) is 9.53 Å². The van der Waals surface area contributed by atoms with Gasteiger partial charge in [-0.15, -0.1) is 0 Å². The predicted molar refractivity (Wildman–Crippen MR) is 65.6 cm³/mol. The van der Waals surface area contributed by atoms with Crippen molar-refractivity contribution in [3.8, 4) is 5.75 Å². The van der Waals surface area contributed by atoms with Gasteiger partial charge in [0.15, 0.2) is 0 Å². The highest BCUT2D eigenvalue weighted by Crippen LogP contribution is 2.27. The van der Waals surface area contributed by atoms with Crippen LogP contribution >= 0.6 is 0 Å². The van der Waals surface area contributed by atoms with Crippen molar-refractivity contribution >= 4 is 22.8 Å². The molecule has 1 aromatic heterocycles. The molecule has 0 saturated heterocycles. The first-order valence-electron chi connectivity index (χ1n) is 5.58. The van der Waals surface area contributed by atoms with Gasteiger partial charge in [0.1, 0.15) is 5.75 Å². The van der Waals surface area contributed by atoms with Crippen LogP contribution < -0.4 is 4.74 Å². The molecular weight excluding hydrogens is 234 g/mol. The molecule has 0 aliphatic carbocycles. The Morgan fingerprint density at radius 3 is 2.78 bits per heavy atom. The average molecular weight is 247 g/mol. The highest BCUT2D eigenvalue weighted by Gasteiger charge is 2.13. The maximum atomic E-state index is 11.7. The Morgan fingerprint density at radius 1 is 1.33 bits per heavy atom. The molecule has 0 atom stereocenters. The molecule has 1 N–H and O–H groups in total. The van der Waals surface area contributed by atoms with Crippen molar-refractivity contribution < 1.29 is 19.1 Å². The van der Waals surface area contributed by atoms with Gasteiger partial charge in [0, 0.05) is 24.0 Å². The number of ether oxygens (including phenoxy) is 2. The molecule has 5 heteroatoms. The molecule has 0 radical (unpaired) electrons. The zero-order chi connectivity index (χ0) is 13.1. The Bertz CT molecular complexity index is 600. The molecule has 0 spiro atoms. The van der Waals surface area contributed by atoms with Crippen molar-refractivity contribution in [3.63, 3.8) is 0 Å². The fourth-order valence-corrected chi connectivity index (χ4v) is 1.70. The molecule has 5 nitrogen and oxygen atoms in total. The molecule has 0 unspecified atom stereocenters. The molecular formula is C13H13NO4. The Hall–Kier alpha value is -2.30. The smallest absolute Gasteiger partial charge is 0.338 e. The molecule has 1 heterocycles. The van der Waals surface area contributed by atoms with Crippen LogP contribution in [0.3, 0.4) is 0 Å². The molecule has 18 heavy (non-hydrogen) atoms. The number of rotatable bonds is 3. The second-order valence-corrected chi connectivity index (χ2v) is 3.73. The summed E-state index contributed by atoms with van der Waals surface area (Å²) >= 11 is 0. The number of fused-ring (bicyclic) bond motifs is 1. The van der Waals surface area contributed by atoms with Crippen molar-refractivity contribution in [1.29, 1.82) is 0 Å². The van der Waals surface area contributed by atoms with Crippen molar-refractivity contribution in [2.75, 3.05) is 6.61 Å². The topological polar surface area (TPSA) is 68.4 Å². The van der Waals surface area contributed by atoms with E-state index in [0.29, 0.717) is 17.9 Å². The van der Waals surface area contributed by atoms with Gasteiger partial charge in [-0.1, -0.05) is 0 Å². The summed E-state index contributed by atoms with van der Waals surface area (Å²) in [6.07, 6.45) is 1.71. The summed E-state index contributed by atoms with van der Waals surface area (Å²) in [5.41, 5.74) is 1.07. The summed E-state index contributed by atoms with van der Waals surface area (Å²) in [5, 5.41) is 0.748. The highest BCUT2D eigenvalue weighted by molar-refractivity contribution is 5.98. The lowest BCUT2D eigenvalue weighted by Gasteiger charge is -2.06. The number of hydrogen-bond acceptors (Lipinski definition) is 4. The standard InChI is InChI=1S/C13H13NO4/c1-3-17-13(16)9-6-11-10(4-5-14-11)12(7-9)18-8(2)15/h4-7,14H,3H2,1-2H3. The predicted octanol–water partition coefficient (Wildman–Crippen LogP) is 2.27. The number of esters is 2. The second-order valence-electron chi connectivity index (χ2n) is 3.73. The van der Waals surface area contributed by atoms with Crippen LogP contribution in [0.2, 0.25) is 0 Å². The summed E-state index contributed by atoms with van der Waals surface area (Å²) in [7, 11) is 0. The van der Waals surface area contributed by atoms with Gasteiger partial charge in [-0.25, -0.2) is 4.79 Å². The fraction of sp³-hybridized carbons (Fsp3) is 0.231. The Balaban J connectivity index is 2.49. The van der Waals surface area contributed by atoms with E-state index in [0.717, 1.165) is 10.9 Å². The molecule has 0 aliphatic rings. The third-order valence-corrected chi connectivity index (χ3v) is 2.40. The normalized spacial score (nSPS) is 10.3. The van der Waals surface area contributed by atoms with Crippen LogP contribution in [0.5, 0.6) is 5.75 Å². The van der Waals surface area contributed by atoms with Crippen molar-refractivity contribution in [1.82, 2.24) is 4.98 Å². The second kappa shape index (κ2) is 4.91. The van der Waals surface area contributed by atoms with Crippen LogP contribution in [0.25, 0.3) is 10.9 Å². The van der Waals surface area contributed by atoms with Crippen molar-refractivity contribution in [2.24, 2.45) is 0 Å². The molecule has 1 aromatic carbocycles. The van der Waals surface area contributed by atoms with Gasteiger partial charge in [-0.3, -0.25) is 4.79 Å². The van der Waals surface area contributed by atoms with E-state index in [4.69, 9.17) is 9.47 Å². The molecule has 0 aliphatic heterocycles. The molecule has 0 amide bonds. The maximum Gasteiger partial charge on any atom is 0.338 e. The van der Waals surface area contributed by atoms with Crippen LogP contribution in [0, 0.1) is 0 Å². The SMILES string of the molecule is CCOC(=O)c1cc(OC(C)=O)c2cc[nH]c2c1. The van der Waals surface area contributed by atoms with Crippen LogP contribution in [0.15, 0.2) is 24.4 Å². The van der Waals surface area contributed by atoms with Gasteiger partial charge in [-0.2, -0.15) is 0 Å². The zero-order valence-corrected chi connectivity index (χ0v) is 10.1. The molecule has 94 valence electrons. The van der Waals surface area contributed by atoms with E-state index < -0.39 is 11.9 Å². The van der Waals surface area contributed by atoms with E-state index in [1.54, 1.807) is 25.3 Å². The number of carbonyl (C=O) groups excluding carboxylic acids is 2. The third kappa shape index (κ3) is 2.34. The number of carbonyl (C=O) groups is 2. The van der Waals surface area contributed by atoms with E-state index in [2.05, 4.69) is 4.98 Å². The summed E-state index contributed by atoms with van der Waals surface area (Å²) in [5.74, 6) is -0.523. The number of H-pyrrole nitrogens is 1. The maximum absolute atomic E-state index is 11.7. The molecule has 0 fully saturated rings. The van der Waals surface area contributed by atoms with E-state index in [1.807, 2.05) is 0 Å². The summed E-state index contributed by atoms with van der Waals surface area (Å²) in [6.45, 7) is 3.35. The number of hydrogen-bond donors (Lipinski definition) is 1. The minimum Gasteiger partial charge on any atom is -0.462 e. The lowest BCUT2D eigenvalue weighted by atomic mass is 10.1. The van der Waals surface area contributed by atoms with Gasteiger partial charge in [0.2, 0.25) is 0 Å². The fourth-order valence-electron chi connectivity index (χ4n) is 1.70. The average Bonchev–Trinajstić information content (AvgIpc) is 2.76. The quantitative estimate of drug-likeness (QED) is 0.667. The van der Waals surface area contributed by atoms with E-state index in [-0.39, 0.29) is 0 Å². The first-order chi connectivity index (χ1) is 8.61. The third-order valence-electron chi connectivity index (χ3n) is 2.40. The van der Waals surface area contributed by atoms with E-state index in [9.17, 15) is 9.59 Å². The summed E-state index contributed by atoms with van der Waals surface area (Å²) in [6, 6.07) is 4.96. The first kappa shape index (κ1) is 12.2. The monoisotopic (exact) mass is 247 g/mol. The Morgan fingerprint density at radius 2 is 2.11 bits per heavy atom. The molecule has 0 bridgehead atoms. The molecule has 0 saturated carbocycles. The van der Waals surface area contributed by atoms with Crippen molar-refractivity contribution in [2.45, 2.75) is 13.8 Å². The zero-order valence-electron chi connectivity index (χ0n) is 10.1. The lowest BCUT2D eigenvalue weighted by Crippen LogP contribution is -2.07. The van der Waals surface area contributed by atoms with Gasteiger partial charge < -0.3 is 14.5 Å². The lowest BCUT2D eigenvalue weighted by molar-refractivity contribution is -0.131. The van der Waals surface area contributed by atoms with Crippen LogP contribution in [0.4, 0.5) is 0 Å². The van der Waals surface area contributed by atoms with Gasteiger partial charge in [0.05, 0.1) is 12.2 Å².